The third-order valence-corrected chi connectivity index (χ3v) is 5.47. The van der Waals surface area contributed by atoms with Crippen molar-refractivity contribution in [3.63, 3.8) is 0 Å². The third kappa shape index (κ3) is 1.88. The summed E-state index contributed by atoms with van der Waals surface area (Å²) in [6.07, 6.45) is 1.47. The molecule has 0 aromatic carbocycles. The maximum Gasteiger partial charge on any atom is 0.222 e. The van der Waals surface area contributed by atoms with Crippen molar-refractivity contribution in [2.24, 2.45) is 17.1 Å². The maximum absolute atomic E-state index is 11.6. The fourth-order valence-electron chi connectivity index (χ4n) is 2.83. The topological polar surface area (TPSA) is 89.3 Å². The number of rotatable bonds is 1. The molecule has 3 N–H and O–H groups in total. The summed E-state index contributed by atoms with van der Waals surface area (Å²) in [5, 5.41) is 3.18. The summed E-state index contributed by atoms with van der Waals surface area (Å²) in [6, 6.07) is 0. The Balaban J connectivity index is 2.32. The molecule has 2 saturated heterocycles. The van der Waals surface area contributed by atoms with Crippen LogP contribution in [0.15, 0.2) is 0 Å². The second-order valence-electron chi connectivity index (χ2n) is 4.62. The summed E-state index contributed by atoms with van der Waals surface area (Å²) >= 11 is 0. The molecule has 15 heavy (non-hydrogen) atoms. The number of nitrogens with two attached hydrogens (primary N) is 1. The monoisotopic (exact) mass is 232 g/mol. The second-order valence-corrected chi connectivity index (χ2v) is 6.73. The van der Waals surface area contributed by atoms with Crippen molar-refractivity contribution >= 4 is 15.7 Å². The van der Waals surface area contributed by atoms with Crippen LogP contribution in [-0.2, 0) is 14.6 Å². The summed E-state index contributed by atoms with van der Waals surface area (Å²) in [5.74, 6) is -0.861. The number of piperidine rings is 1. The molecule has 86 valence electrons. The lowest BCUT2D eigenvalue weighted by molar-refractivity contribution is -0.124. The molecule has 2 heterocycles. The Morgan fingerprint density at radius 1 is 1.33 bits per heavy atom. The predicted molar refractivity (Wildman–Crippen MR) is 55.9 cm³/mol. The van der Waals surface area contributed by atoms with Crippen molar-refractivity contribution in [2.45, 2.75) is 12.8 Å². The van der Waals surface area contributed by atoms with Gasteiger partial charge in [-0.05, 0) is 31.3 Å². The average Bonchev–Trinajstić information content (AvgIpc) is 2.39. The van der Waals surface area contributed by atoms with Gasteiger partial charge in [0.25, 0.3) is 0 Å². The van der Waals surface area contributed by atoms with Crippen LogP contribution in [0.2, 0.25) is 0 Å². The first kappa shape index (κ1) is 10.9. The van der Waals surface area contributed by atoms with Crippen LogP contribution in [0, 0.1) is 11.3 Å². The average molecular weight is 232 g/mol. The normalized spacial score (nSPS) is 32.9. The standard InChI is InChI=1S/C9H16N2O3S/c10-8(12)7-5-15(13,14)6-9(7)1-3-11-4-2-9/h7,11H,1-6H2,(H2,10,12). The minimum absolute atomic E-state index is 0.0532. The molecule has 1 amide bonds. The Morgan fingerprint density at radius 2 is 1.93 bits per heavy atom. The van der Waals surface area contributed by atoms with Gasteiger partial charge >= 0.3 is 0 Å². The van der Waals surface area contributed by atoms with Crippen molar-refractivity contribution in [3.05, 3.63) is 0 Å². The van der Waals surface area contributed by atoms with E-state index in [0.717, 1.165) is 25.9 Å². The summed E-state index contributed by atoms with van der Waals surface area (Å²) in [7, 11) is -3.08. The fourth-order valence-corrected chi connectivity index (χ4v) is 5.34. The van der Waals surface area contributed by atoms with Gasteiger partial charge in [-0.1, -0.05) is 0 Å². The van der Waals surface area contributed by atoms with Gasteiger partial charge in [-0.3, -0.25) is 4.79 Å². The second kappa shape index (κ2) is 3.45. The Bertz CT molecular complexity index is 371. The SMILES string of the molecule is NC(=O)C1CS(=O)(=O)CC12CCNCC2. The lowest BCUT2D eigenvalue weighted by Gasteiger charge is -2.36. The van der Waals surface area contributed by atoms with E-state index in [4.69, 9.17) is 5.73 Å². The van der Waals surface area contributed by atoms with E-state index in [0.29, 0.717) is 0 Å². The number of hydrogen-bond donors (Lipinski definition) is 2. The van der Waals surface area contributed by atoms with Crippen molar-refractivity contribution in [1.29, 1.82) is 0 Å². The molecular formula is C9H16N2O3S. The Morgan fingerprint density at radius 3 is 2.47 bits per heavy atom. The van der Waals surface area contributed by atoms with Gasteiger partial charge < -0.3 is 11.1 Å². The molecule has 2 aliphatic rings. The van der Waals surface area contributed by atoms with E-state index in [1.165, 1.54) is 0 Å². The quantitative estimate of drug-likeness (QED) is 0.599. The van der Waals surface area contributed by atoms with Crippen LogP contribution >= 0.6 is 0 Å². The number of carbonyl (C=O) groups excluding carboxylic acids is 1. The van der Waals surface area contributed by atoms with Crippen LogP contribution in [-0.4, -0.2) is 38.9 Å². The van der Waals surface area contributed by atoms with Crippen LogP contribution in [0.1, 0.15) is 12.8 Å². The fraction of sp³-hybridized carbons (Fsp3) is 0.889. The molecule has 1 unspecified atom stereocenters. The number of nitrogens with one attached hydrogen (secondary N) is 1. The molecule has 0 saturated carbocycles. The smallest absolute Gasteiger partial charge is 0.222 e. The van der Waals surface area contributed by atoms with Gasteiger partial charge in [0.15, 0.2) is 9.84 Å². The maximum atomic E-state index is 11.6. The lowest BCUT2D eigenvalue weighted by Crippen LogP contribution is -2.45. The predicted octanol–water partition coefficient (Wildman–Crippen LogP) is -1.11. The van der Waals surface area contributed by atoms with Crippen molar-refractivity contribution in [1.82, 2.24) is 5.32 Å². The largest absolute Gasteiger partial charge is 0.369 e. The molecule has 2 rings (SSSR count). The van der Waals surface area contributed by atoms with Crippen LogP contribution in [0.25, 0.3) is 0 Å². The van der Waals surface area contributed by atoms with Crippen molar-refractivity contribution < 1.29 is 13.2 Å². The molecule has 1 spiro atoms. The first-order chi connectivity index (χ1) is 6.95. The van der Waals surface area contributed by atoms with E-state index >= 15 is 0 Å². The molecule has 1 atom stereocenters. The highest BCUT2D eigenvalue weighted by molar-refractivity contribution is 7.91. The van der Waals surface area contributed by atoms with Crippen LogP contribution in [0.3, 0.4) is 0 Å². The van der Waals surface area contributed by atoms with Crippen molar-refractivity contribution in [2.75, 3.05) is 24.6 Å². The lowest BCUT2D eigenvalue weighted by atomic mass is 9.71. The number of carbonyl (C=O) groups is 1. The van der Waals surface area contributed by atoms with Gasteiger partial charge in [-0.25, -0.2) is 8.42 Å². The molecule has 6 heteroatoms. The van der Waals surface area contributed by atoms with Gasteiger partial charge in [-0.15, -0.1) is 0 Å². The van der Waals surface area contributed by atoms with E-state index in [1.54, 1.807) is 0 Å². The van der Waals surface area contributed by atoms with E-state index in [1.807, 2.05) is 0 Å². The summed E-state index contributed by atoms with van der Waals surface area (Å²) in [6.45, 7) is 1.55. The molecule has 0 aromatic rings. The molecule has 2 fully saturated rings. The first-order valence-corrected chi connectivity index (χ1v) is 6.98. The van der Waals surface area contributed by atoms with Gasteiger partial charge in [-0.2, -0.15) is 0 Å². The highest BCUT2D eigenvalue weighted by Gasteiger charge is 2.52. The highest BCUT2D eigenvalue weighted by atomic mass is 32.2. The number of amides is 1. The Hall–Kier alpha value is -0.620. The Kier molecular flexibility index (Phi) is 2.50. The van der Waals surface area contributed by atoms with E-state index in [9.17, 15) is 13.2 Å². The van der Waals surface area contributed by atoms with E-state index in [2.05, 4.69) is 5.32 Å². The zero-order valence-corrected chi connectivity index (χ0v) is 9.35. The molecule has 2 aliphatic heterocycles. The van der Waals surface area contributed by atoms with Gasteiger partial charge in [0, 0.05) is 0 Å². The van der Waals surface area contributed by atoms with Crippen LogP contribution in [0.4, 0.5) is 0 Å². The Labute approximate surface area is 89.3 Å². The number of sulfone groups is 1. The number of hydrogen-bond acceptors (Lipinski definition) is 4. The zero-order valence-electron chi connectivity index (χ0n) is 8.53. The van der Waals surface area contributed by atoms with Crippen LogP contribution < -0.4 is 11.1 Å². The minimum atomic E-state index is -3.08. The molecule has 0 radical (unpaired) electrons. The number of primary amides is 1. The molecule has 0 bridgehead atoms. The van der Waals surface area contributed by atoms with E-state index in [-0.39, 0.29) is 16.9 Å². The first-order valence-electron chi connectivity index (χ1n) is 5.16. The van der Waals surface area contributed by atoms with E-state index < -0.39 is 21.7 Å². The molecule has 0 aromatic heterocycles. The van der Waals surface area contributed by atoms with Gasteiger partial charge in [0.1, 0.15) is 0 Å². The summed E-state index contributed by atoms with van der Waals surface area (Å²) in [4.78, 5) is 11.3. The summed E-state index contributed by atoms with van der Waals surface area (Å²) < 4.78 is 23.2. The van der Waals surface area contributed by atoms with Gasteiger partial charge in [0.05, 0.1) is 17.4 Å². The zero-order chi connectivity index (χ0) is 11.1. The van der Waals surface area contributed by atoms with Crippen molar-refractivity contribution in [3.8, 4) is 0 Å². The summed E-state index contributed by atoms with van der Waals surface area (Å²) in [5.41, 5.74) is 4.92. The molecule has 5 nitrogen and oxygen atoms in total. The van der Waals surface area contributed by atoms with Gasteiger partial charge in [0.2, 0.25) is 5.91 Å². The van der Waals surface area contributed by atoms with Crippen LogP contribution in [0.5, 0.6) is 0 Å². The molecule has 0 aliphatic carbocycles. The molecular weight excluding hydrogens is 216 g/mol. The third-order valence-electron chi connectivity index (χ3n) is 3.61. The highest BCUT2D eigenvalue weighted by Crippen LogP contribution is 2.44. The minimum Gasteiger partial charge on any atom is -0.369 e.